The van der Waals surface area contributed by atoms with Crippen LogP contribution >= 0.6 is 11.6 Å². The minimum absolute atomic E-state index is 0.0929. The highest BCUT2D eigenvalue weighted by molar-refractivity contribution is 6.31. The number of halogens is 4. The van der Waals surface area contributed by atoms with E-state index < -0.39 is 24.2 Å². The smallest absolute Gasteiger partial charge is 0.262 e. The van der Waals surface area contributed by atoms with Gasteiger partial charge in [-0.3, -0.25) is 4.79 Å². The third-order valence-corrected chi connectivity index (χ3v) is 4.80. The second-order valence-corrected chi connectivity index (χ2v) is 7.56. The Morgan fingerprint density at radius 3 is 2.68 bits per heavy atom. The molecule has 2 N–H and O–H groups in total. The molecule has 3 aromatic heterocycles. The summed E-state index contributed by atoms with van der Waals surface area (Å²) >= 11 is 5.91. The number of aromatic nitrogens is 5. The van der Waals surface area contributed by atoms with Gasteiger partial charge >= 0.3 is 0 Å². The molecule has 0 aliphatic rings. The summed E-state index contributed by atoms with van der Waals surface area (Å²) in [6, 6.07) is 7.23. The van der Waals surface area contributed by atoms with Crippen LogP contribution in [0.1, 0.15) is 12.6 Å². The summed E-state index contributed by atoms with van der Waals surface area (Å²) in [6.07, 6.45) is 2.64. The summed E-state index contributed by atoms with van der Waals surface area (Å²) in [5.41, 5.74) is 7.50. The van der Waals surface area contributed by atoms with E-state index in [0.29, 0.717) is 28.3 Å². The van der Waals surface area contributed by atoms with Crippen molar-refractivity contribution in [3.63, 3.8) is 0 Å². The van der Waals surface area contributed by atoms with Crippen LogP contribution in [0.4, 0.5) is 13.2 Å². The molecule has 0 radical (unpaired) electrons. The van der Waals surface area contributed by atoms with Crippen LogP contribution in [0.5, 0.6) is 0 Å². The van der Waals surface area contributed by atoms with E-state index in [9.17, 15) is 18.0 Å². The Hall–Kier alpha value is -3.40. The Labute approximate surface area is 179 Å². The summed E-state index contributed by atoms with van der Waals surface area (Å²) < 4.78 is 44.0. The number of hydrogen-bond acceptors (Lipinski definition) is 4. The highest BCUT2D eigenvalue weighted by Crippen LogP contribution is 2.33. The summed E-state index contributed by atoms with van der Waals surface area (Å²) in [6.45, 7) is 0.144. The lowest BCUT2D eigenvalue weighted by Gasteiger charge is -2.15. The molecule has 0 fully saturated rings. The molecule has 4 rings (SSSR count). The van der Waals surface area contributed by atoms with Gasteiger partial charge in [-0.2, -0.15) is 5.10 Å². The molecule has 0 aliphatic carbocycles. The van der Waals surface area contributed by atoms with Crippen molar-refractivity contribution in [2.45, 2.75) is 25.8 Å². The van der Waals surface area contributed by atoms with E-state index in [-0.39, 0.29) is 17.1 Å². The van der Waals surface area contributed by atoms with Crippen LogP contribution in [0.15, 0.2) is 42.9 Å². The number of nitrogens with zero attached hydrogens (tertiary/aromatic N) is 5. The van der Waals surface area contributed by atoms with Gasteiger partial charge < -0.3 is 10.3 Å². The molecule has 4 aromatic rings. The number of carbonyl (C=O) groups is 1. The van der Waals surface area contributed by atoms with Crippen LogP contribution < -0.4 is 5.73 Å². The Morgan fingerprint density at radius 1 is 1.23 bits per heavy atom. The van der Waals surface area contributed by atoms with Crippen molar-refractivity contribution in [1.82, 2.24) is 24.1 Å². The highest BCUT2D eigenvalue weighted by Gasteiger charge is 2.26. The molecule has 1 amide bonds. The third kappa shape index (κ3) is 4.24. The largest absolute Gasteiger partial charge is 0.369 e. The highest BCUT2D eigenvalue weighted by atomic mass is 35.5. The Kier molecular flexibility index (Phi) is 5.18. The van der Waals surface area contributed by atoms with Gasteiger partial charge in [0.05, 0.1) is 47.6 Å². The molecule has 11 heteroatoms. The van der Waals surface area contributed by atoms with E-state index in [0.717, 1.165) is 6.92 Å². The lowest BCUT2D eigenvalue weighted by molar-refractivity contribution is -0.117. The van der Waals surface area contributed by atoms with Crippen molar-refractivity contribution in [2.24, 2.45) is 5.73 Å². The van der Waals surface area contributed by atoms with Crippen LogP contribution in [0.3, 0.4) is 0 Å². The van der Waals surface area contributed by atoms with Gasteiger partial charge in [0.25, 0.3) is 5.92 Å². The molecule has 0 unspecified atom stereocenters. The van der Waals surface area contributed by atoms with E-state index in [1.807, 2.05) is 0 Å². The monoisotopic (exact) mass is 448 g/mol. The molecule has 31 heavy (non-hydrogen) atoms. The maximum atomic E-state index is 13.8. The predicted molar refractivity (Wildman–Crippen MR) is 108 cm³/mol. The van der Waals surface area contributed by atoms with Crippen LogP contribution in [-0.2, 0) is 17.8 Å². The Morgan fingerprint density at radius 2 is 2.00 bits per heavy atom. The fourth-order valence-electron chi connectivity index (χ4n) is 3.27. The molecular formula is C20H16ClF3N6O. The van der Waals surface area contributed by atoms with E-state index >= 15 is 0 Å². The molecule has 0 bridgehead atoms. The molecule has 3 heterocycles. The number of hydrogen-bond donors (Lipinski definition) is 1. The summed E-state index contributed by atoms with van der Waals surface area (Å²) in [4.78, 5) is 19.8. The number of fused-ring (bicyclic) bond motifs is 1. The summed E-state index contributed by atoms with van der Waals surface area (Å²) in [5.74, 6) is -4.20. The number of nitrogens with two attached hydrogens (primary N) is 1. The first kappa shape index (κ1) is 20.9. The van der Waals surface area contributed by atoms with Gasteiger partial charge in [0, 0.05) is 12.5 Å². The zero-order chi connectivity index (χ0) is 22.3. The molecule has 0 atom stereocenters. The zero-order valence-corrected chi connectivity index (χ0v) is 16.9. The molecule has 0 aliphatic heterocycles. The van der Waals surface area contributed by atoms with Crippen molar-refractivity contribution < 1.29 is 18.0 Å². The van der Waals surface area contributed by atoms with Gasteiger partial charge in [-0.05, 0) is 30.3 Å². The third-order valence-electron chi connectivity index (χ3n) is 4.51. The number of amides is 1. The molecule has 7 nitrogen and oxygen atoms in total. The van der Waals surface area contributed by atoms with Crippen LogP contribution in [0.2, 0.25) is 5.02 Å². The van der Waals surface area contributed by atoms with Crippen LogP contribution in [0, 0.1) is 5.82 Å². The van der Waals surface area contributed by atoms with Gasteiger partial charge in [0.2, 0.25) is 5.91 Å². The lowest BCUT2D eigenvalue weighted by Crippen LogP contribution is -2.19. The van der Waals surface area contributed by atoms with E-state index in [2.05, 4.69) is 15.1 Å². The first-order valence-electron chi connectivity index (χ1n) is 9.13. The molecule has 0 spiro atoms. The SMILES string of the molecule is CC(F)(F)Cn1cnc(-c2ccc(F)c(Cl)c2)c1-c1ccc2ncc(CC(N)=O)n2n1. The van der Waals surface area contributed by atoms with Crippen molar-refractivity contribution in [3.05, 3.63) is 59.4 Å². The second-order valence-electron chi connectivity index (χ2n) is 7.15. The number of primary amides is 1. The first-order valence-corrected chi connectivity index (χ1v) is 9.51. The minimum Gasteiger partial charge on any atom is -0.369 e. The quantitative estimate of drug-likeness (QED) is 0.486. The standard InChI is InChI=1S/C20H16ClF3N6O/c1-20(23,24)9-29-10-27-18(11-2-3-14(22)13(21)6-11)19(29)15-4-5-17-26-8-12(7-16(25)31)30(17)28-15/h2-6,8,10H,7,9H2,1H3,(H2,25,31). The zero-order valence-electron chi connectivity index (χ0n) is 16.2. The maximum absolute atomic E-state index is 13.8. The molecule has 1 aromatic carbocycles. The van der Waals surface area contributed by atoms with Gasteiger partial charge in [-0.25, -0.2) is 27.7 Å². The van der Waals surface area contributed by atoms with Gasteiger partial charge in [-0.1, -0.05) is 11.6 Å². The predicted octanol–water partition coefficient (Wildman–Crippen LogP) is 3.74. The first-order chi connectivity index (χ1) is 14.6. The molecule has 0 saturated carbocycles. The second kappa shape index (κ2) is 7.69. The van der Waals surface area contributed by atoms with Crippen LogP contribution in [-0.4, -0.2) is 36.0 Å². The van der Waals surface area contributed by atoms with Crippen LogP contribution in [0.25, 0.3) is 28.3 Å². The molecular weight excluding hydrogens is 433 g/mol. The minimum atomic E-state index is -3.02. The maximum Gasteiger partial charge on any atom is 0.262 e. The number of imidazole rings is 2. The normalized spacial score (nSPS) is 11.9. The molecule has 0 saturated heterocycles. The van der Waals surface area contributed by atoms with Crippen molar-refractivity contribution >= 4 is 23.2 Å². The fourth-order valence-corrected chi connectivity index (χ4v) is 3.45. The number of carbonyl (C=O) groups excluding carboxylic acids is 1. The van der Waals surface area contributed by atoms with Gasteiger partial charge in [-0.15, -0.1) is 0 Å². The van der Waals surface area contributed by atoms with E-state index in [1.54, 1.807) is 12.1 Å². The Bertz CT molecular complexity index is 1290. The topological polar surface area (TPSA) is 91.1 Å². The van der Waals surface area contributed by atoms with Crippen molar-refractivity contribution in [1.29, 1.82) is 0 Å². The van der Waals surface area contributed by atoms with Gasteiger partial charge in [0.15, 0.2) is 5.65 Å². The summed E-state index contributed by atoms with van der Waals surface area (Å²) in [5, 5.41) is 4.36. The summed E-state index contributed by atoms with van der Waals surface area (Å²) in [7, 11) is 0. The fraction of sp³-hybridized carbons (Fsp3) is 0.200. The van der Waals surface area contributed by atoms with Crippen molar-refractivity contribution in [3.8, 4) is 22.6 Å². The van der Waals surface area contributed by atoms with E-state index in [4.69, 9.17) is 17.3 Å². The molecule has 160 valence electrons. The average Bonchev–Trinajstić information content (AvgIpc) is 3.26. The van der Waals surface area contributed by atoms with E-state index in [1.165, 1.54) is 39.8 Å². The number of alkyl halides is 2. The lowest BCUT2D eigenvalue weighted by atomic mass is 10.1. The van der Waals surface area contributed by atoms with Gasteiger partial charge in [0.1, 0.15) is 11.5 Å². The Balaban J connectivity index is 1.92. The number of rotatable bonds is 6. The number of benzene rings is 1. The average molecular weight is 449 g/mol. The van der Waals surface area contributed by atoms with Crippen molar-refractivity contribution in [2.75, 3.05) is 0 Å².